The topological polar surface area (TPSA) is 107 Å². The Kier molecular flexibility index (Phi) is 5.60. The highest BCUT2D eigenvalue weighted by Gasteiger charge is 2.25. The summed E-state index contributed by atoms with van der Waals surface area (Å²) >= 11 is 0. The van der Waals surface area contributed by atoms with Crippen LogP contribution >= 0.6 is 0 Å². The molecule has 1 atom stereocenters. The Bertz CT molecular complexity index is 548. The highest BCUT2D eigenvalue weighted by Crippen LogP contribution is 2.24. The number of nitro benzene ring substituents is 1. The summed E-state index contributed by atoms with van der Waals surface area (Å²) in [5.41, 5.74) is 4.15. The van der Waals surface area contributed by atoms with Crippen LogP contribution in [0.3, 0.4) is 0 Å². The molecule has 0 bridgehead atoms. The molecule has 0 saturated carbocycles. The number of carbonyl (C=O) groups is 1. The van der Waals surface area contributed by atoms with Crippen molar-refractivity contribution in [3.63, 3.8) is 0 Å². The van der Waals surface area contributed by atoms with Crippen molar-refractivity contribution >= 4 is 17.3 Å². The van der Waals surface area contributed by atoms with Gasteiger partial charge in [0.2, 0.25) is 0 Å². The molecule has 1 rings (SSSR count). The summed E-state index contributed by atoms with van der Waals surface area (Å²) in [6.45, 7) is 4.00. The monoisotopic (exact) mass is 299 g/mol. The smallest absolute Gasteiger partial charge is 0.285 e. The number of nitrogen functional groups attached to an aromatic ring is 1. The third kappa shape index (κ3) is 4.12. The molecular formula is C13H18FN3O4. The Morgan fingerprint density at radius 2 is 2.14 bits per heavy atom. The lowest BCUT2D eigenvalue weighted by Crippen LogP contribution is -2.41. The molecule has 3 N–H and O–H groups in total. The maximum Gasteiger partial charge on any atom is 0.285 e. The average Bonchev–Trinajstić information content (AvgIpc) is 2.40. The van der Waals surface area contributed by atoms with Gasteiger partial charge in [-0.05, 0) is 12.0 Å². The van der Waals surface area contributed by atoms with Crippen LogP contribution in [0.5, 0.6) is 0 Å². The van der Waals surface area contributed by atoms with Gasteiger partial charge in [-0.1, -0.05) is 13.8 Å². The van der Waals surface area contributed by atoms with E-state index in [1.807, 2.05) is 13.8 Å². The predicted molar refractivity (Wildman–Crippen MR) is 75.4 cm³/mol. The normalized spacial score (nSPS) is 12.2. The number of carbonyl (C=O) groups excluding carboxylic acids is 1. The van der Waals surface area contributed by atoms with Gasteiger partial charge in [-0.25, -0.2) is 4.39 Å². The van der Waals surface area contributed by atoms with E-state index >= 15 is 0 Å². The number of nitro groups is 1. The van der Waals surface area contributed by atoms with Crippen LogP contribution in [-0.2, 0) is 4.74 Å². The molecule has 1 amide bonds. The van der Waals surface area contributed by atoms with E-state index in [4.69, 9.17) is 10.5 Å². The van der Waals surface area contributed by atoms with Crippen molar-refractivity contribution in [2.75, 3.05) is 19.5 Å². The summed E-state index contributed by atoms with van der Waals surface area (Å²) in [4.78, 5) is 22.3. The summed E-state index contributed by atoms with van der Waals surface area (Å²) < 4.78 is 18.3. The van der Waals surface area contributed by atoms with Crippen LogP contribution in [0.1, 0.15) is 24.2 Å². The summed E-state index contributed by atoms with van der Waals surface area (Å²) in [6.07, 6.45) is 0. The molecule has 0 saturated heterocycles. The number of amides is 1. The van der Waals surface area contributed by atoms with Gasteiger partial charge in [-0.2, -0.15) is 0 Å². The lowest BCUT2D eigenvalue weighted by molar-refractivity contribution is -0.385. The maximum atomic E-state index is 13.3. The number of nitrogens with one attached hydrogen (secondary N) is 1. The second-order valence-corrected chi connectivity index (χ2v) is 4.93. The summed E-state index contributed by atoms with van der Waals surface area (Å²) in [5, 5.41) is 13.6. The first-order chi connectivity index (χ1) is 9.77. The molecular weight excluding hydrogens is 281 g/mol. The summed E-state index contributed by atoms with van der Waals surface area (Å²) in [7, 11) is 1.49. The number of halogens is 1. The largest absolute Gasteiger partial charge is 0.396 e. The molecule has 0 heterocycles. The lowest BCUT2D eigenvalue weighted by Gasteiger charge is -2.21. The minimum absolute atomic E-state index is 0.0609. The van der Waals surface area contributed by atoms with E-state index in [9.17, 15) is 19.3 Å². The number of benzene rings is 1. The van der Waals surface area contributed by atoms with Crippen molar-refractivity contribution in [2.45, 2.75) is 19.9 Å². The van der Waals surface area contributed by atoms with Crippen LogP contribution in [0, 0.1) is 21.8 Å². The number of nitrogens with zero attached hydrogens (tertiary/aromatic N) is 1. The van der Waals surface area contributed by atoms with Gasteiger partial charge in [0.1, 0.15) is 5.56 Å². The molecule has 8 heteroatoms. The molecule has 1 aromatic carbocycles. The van der Waals surface area contributed by atoms with Gasteiger partial charge in [0.15, 0.2) is 5.82 Å². The first kappa shape index (κ1) is 16.8. The Morgan fingerprint density at radius 3 is 2.62 bits per heavy atom. The van der Waals surface area contributed by atoms with E-state index in [1.165, 1.54) is 7.11 Å². The van der Waals surface area contributed by atoms with E-state index in [-0.39, 0.29) is 29.8 Å². The molecule has 1 aromatic rings. The number of rotatable bonds is 6. The standard InChI is InChI=1S/C13H18FN3O4/c1-7(2)11(6-21-3)16-13(18)8-4-10(15)9(14)5-12(8)17(19)20/h4-5,7,11H,6,15H2,1-3H3,(H,16,18). The highest BCUT2D eigenvalue weighted by molar-refractivity contribution is 5.99. The minimum Gasteiger partial charge on any atom is -0.396 e. The fourth-order valence-electron chi connectivity index (χ4n) is 1.74. The van der Waals surface area contributed by atoms with Gasteiger partial charge in [-0.15, -0.1) is 0 Å². The van der Waals surface area contributed by atoms with Crippen LogP contribution in [0.2, 0.25) is 0 Å². The molecule has 0 fully saturated rings. The SMILES string of the molecule is COCC(NC(=O)c1cc(N)c(F)cc1[N+](=O)[O-])C(C)C. The number of methoxy groups -OCH3 is 1. The van der Waals surface area contributed by atoms with Gasteiger partial charge >= 0.3 is 0 Å². The number of hydrogen-bond donors (Lipinski definition) is 2. The molecule has 7 nitrogen and oxygen atoms in total. The first-order valence-electron chi connectivity index (χ1n) is 6.31. The lowest BCUT2D eigenvalue weighted by atomic mass is 10.0. The fraction of sp³-hybridized carbons (Fsp3) is 0.462. The molecule has 1 unspecified atom stereocenters. The van der Waals surface area contributed by atoms with E-state index in [0.717, 1.165) is 6.07 Å². The van der Waals surface area contributed by atoms with Gasteiger partial charge in [0, 0.05) is 7.11 Å². The number of hydrogen-bond acceptors (Lipinski definition) is 5. The zero-order valence-electron chi connectivity index (χ0n) is 12.1. The van der Waals surface area contributed by atoms with Crippen molar-refractivity contribution in [1.29, 1.82) is 0 Å². The van der Waals surface area contributed by atoms with Crippen LogP contribution in [0.4, 0.5) is 15.8 Å². The Morgan fingerprint density at radius 1 is 1.52 bits per heavy atom. The van der Waals surface area contributed by atoms with E-state index in [1.54, 1.807) is 0 Å². The molecule has 0 aliphatic carbocycles. The molecule has 0 aliphatic heterocycles. The van der Waals surface area contributed by atoms with E-state index < -0.39 is 22.3 Å². The Balaban J connectivity index is 3.11. The Labute approximate surface area is 121 Å². The van der Waals surface area contributed by atoms with Gasteiger partial charge in [0.05, 0.1) is 29.3 Å². The molecule has 116 valence electrons. The van der Waals surface area contributed by atoms with Crippen LogP contribution in [-0.4, -0.2) is 30.6 Å². The predicted octanol–water partition coefficient (Wildman–Crippen LogP) is 1.72. The quantitative estimate of drug-likeness (QED) is 0.472. The third-order valence-corrected chi connectivity index (χ3v) is 3.02. The average molecular weight is 299 g/mol. The molecule has 0 spiro atoms. The van der Waals surface area contributed by atoms with E-state index in [2.05, 4.69) is 5.32 Å². The molecule has 0 aromatic heterocycles. The van der Waals surface area contributed by atoms with Crippen LogP contribution < -0.4 is 11.1 Å². The number of anilines is 1. The fourth-order valence-corrected chi connectivity index (χ4v) is 1.74. The number of nitrogens with two attached hydrogens (primary N) is 1. The van der Waals surface area contributed by atoms with Gasteiger partial charge < -0.3 is 15.8 Å². The second-order valence-electron chi connectivity index (χ2n) is 4.93. The summed E-state index contributed by atoms with van der Waals surface area (Å²) in [6, 6.07) is 1.28. The van der Waals surface area contributed by atoms with Crippen LogP contribution in [0.15, 0.2) is 12.1 Å². The zero-order valence-corrected chi connectivity index (χ0v) is 12.1. The highest BCUT2D eigenvalue weighted by atomic mass is 19.1. The second kappa shape index (κ2) is 6.98. The van der Waals surface area contributed by atoms with Gasteiger partial charge in [0.25, 0.3) is 11.6 Å². The molecule has 21 heavy (non-hydrogen) atoms. The van der Waals surface area contributed by atoms with Gasteiger partial charge in [-0.3, -0.25) is 14.9 Å². The van der Waals surface area contributed by atoms with Crippen molar-refractivity contribution in [3.05, 3.63) is 33.6 Å². The zero-order chi connectivity index (χ0) is 16.2. The van der Waals surface area contributed by atoms with Crippen molar-refractivity contribution in [1.82, 2.24) is 5.32 Å². The van der Waals surface area contributed by atoms with Crippen molar-refractivity contribution in [2.24, 2.45) is 5.92 Å². The van der Waals surface area contributed by atoms with E-state index in [0.29, 0.717) is 6.07 Å². The first-order valence-corrected chi connectivity index (χ1v) is 6.31. The molecule has 0 radical (unpaired) electrons. The number of ether oxygens (including phenoxy) is 1. The van der Waals surface area contributed by atoms with Crippen LogP contribution in [0.25, 0.3) is 0 Å². The maximum absolute atomic E-state index is 13.3. The summed E-state index contributed by atoms with van der Waals surface area (Å²) in [5.74, 6) is -1.56. The molecule has 0 aliphatic rings. The Hall–Kier alpha value is -2.22. The minimum atomic E-state index is -0.935. The van der Waals surface area contributed by atoms with Crippen molar-refractivity contribution < 1.29 is 18.8 Å². The van der Waals surface area contributed by atoms with Crippen molar-refractivity contribution in [3.8, 4) is 0 Å². The third-order valence-electron chi connectivity index (χ3n) is 3.02.